The number of hydrogen-bond acceptors (Lipinski definition) is 3. The molecule has 0 fully saturated rings. The van der Waals surface area contributed by atoms with Gasteiger partial charge >= 0.3 is 0 Å². The highest BCUT2D eigenvalue weighted by atomic mass is 16.3. The lowest BCUT2D eigenvalue weighted by molar-refractivity contribution is 0.100. The van der Waals surface area contributed by atoms with E-state index in [1.807, 2.05) is 6.07 Å². The van der Waals surface area contributed by atoms with Gasteiger partial charge in [0.15, 0.2) is 5.75 Å². The first-order valence-electron chi connectivity index (χ1n) is 6.33. The Bertz CT molecular complexity index is 899. The molecule has 0 aliphatic heterocycles. The maximum atomic E-state index is 12.3. The molecule has 1 heterocycles. The number of aromatic amines is 1. The Balaban J connectivity index is 2.43. The molecule has 0 saturated heterocycles. The van der Waals surface area contributed by atoms with E-state index in [-0.39, 0.29) is 22.4 Å². The van der Waals surface area contributed by atoms with Crippen LogP contribution in [0.2, 0.25) is 0 Å². The molecule has 0 saturated carbocycles. The summed E-state index contributed by atoms with van der Waals surface area (Å²) in [5, 5.41) is 10.3. The van der Waals surface area contributed by atoms with Gasteiger partial charge in [0, 0.05) is 5.56 Å². The van der Waals surface area contributed by atoms with Crippen LogP contribution in [0.3, 0.4) is 0 Å². The second-order valence-corrected chi connectivity index (χ2v) is 4.64. The molecule has 0 aliphatic rings. The largest absolute Gasteiger partial charge is 0.503 e. The van der Waals surface area contributed by atoms with E-state index < -0.39 is 11.3 Å². The minimum atomic E-state index is -0.638. The van der Waals surface area contributed by atoms with Gasteiger partial charge in [0.2, 0.25) is 5.43 Å². The molecule has 5 heteroatoms. The molecule has 2 aromatic carbocycles. The summed E-state index contributed by atoms with van der Waals surface area (Å²) >= 11 is 0. The smallest absolute Gasteiger partial charge is 0.250 e. The molecule has 4 N–H and O–H groups in total. The third kappa shape index (κ3) is 2.04. The van der Waals surface area contributed by atoms with E-state index in [1.54, 1.807) is 30.3 Å². The lowest BCUT2D eigenvalue weighted by atomic mass is 10.0. The average molecular weight is 280 g/mol. The number of carbonyl (C=O) groups is 1. The van der Waals surface area contributed by atoms with Crippen molar-refractivity contribution in [2.24, 2.45) is 5.73 Å². The van der Waals surface area contributed by atoms with Gasteiger partial charge in [0.1, 0.15) is 0 Å². The van der Waals surface area contributed by atoms with Crippen LogP contribution in [0.15, 0.2) is 53.3 Å². The second kappa shape index (κ2) is 4.79. The molecule has 0 aliphatic carbocycles. The number of nitrogens with one attached hydrogen (secondary N) is 1. The van der Waals surface area contributed by atoms with Crippen LogP contribution in [-0.4, -0.2) is 16.0 Å². The first-order chi connectivity index (χ1) is 10.1. The van der Waals surface area contributed by atoms with Crippen molar-refractivity contribution in [1.82, 2.24) is 4.98 Å². The van der Waals surface area contributed by atoms with Crippen LogP contribution in [0.25, 0.3) is 22.2 Å². The van der Waals surface area contributed by atoms with Gasteiger partial charge in [-0.3, -0.25) is 9.59 Å². The number of aromatic hydroxyl groups is 1. The summed E-state index contributed by atoms with van der Waals surface area (Å²) < 4.78 is 0. The lowest BCUT2D eigenvalue weighted by Crippen LogP contribution is -2.14. The maximum Gasteiger partial charge on any atom is 0.250 e. The number of hydrogen-bond donors (Lipinski definition) is 3. The summed E-state index contributed by atoms with van der Waals surface area (Å²) in [6.07, 6.45) is 0. The third-order valence-corrected chi connectivity index (χ3v) is 3.34. The molecule has 0 spiro atoms. The Morgan fingerprint density at radius 1 is 1.05 bits per heavy atom. The fourth-order valence-electron chi connectivity index (χ4n) is 2.32. The summed E-state index contributed by atoms with van der Waals surface area (Å²) in [5.74, 6) is -1.02. The first-order valence-corrected chi connectivity index (χ1v) is 6.33. The minimum absolute atomic E-state index is 0.210. The number of primary amides is 1. The summed E-state index contributed by atoms with van der Waals surface area (Å²) in [6.45, 7) is 0. The first kappa shape index (κ1) is 12.9. The Kier molecular flexibility index (Phi) is 2.95. The van der Waals surface area contributed by atoms with Gasteiger partial charge in [-0.25, -0.2) is 0 Å². The van der Waals surface area contributed by atoms with Gasteiger partial charge < -0.3 is 15.8 Å². The minimum Gasteiger partial charge on any atom is -0.503 e. The summed E-state index contributed by atoms with van der Waals surface area (Å²) in [5.41, 5.74) is 6.24. The average Bonchev–Trinajstić information content (AvgIpc) is 2.51. The maximum absolute atomic E-state index is 12.3. The number of aromatic nitrogens is 1. The Morgan fingerprint density at radius 3 is 2.43 bits per heavy atom. The summed E-state index contributed by atoms with van der Waals surface area (Å²) in [6, 6.07) is 13.5. The number of benzene rings is 2. The Hall–Kier alpha value is -3.08. The topological polar surface area (TPSA) is 96.2 Å². The number of H-pyrrole nitrogens is 1. The van der Waals surface area contributed by atoms with E-state index in [4.69, 9.17) is 5.73 Å². The highest BCUT2D eigenvalue weighted by Gasteiger charge is 2.16. The highest BCUT2D eigenvalue weighted by Crippen LogP contribution is 2.27. The molecular formula is C16H12N2O3. The zero-order chi connectivity index (χ0) is 15.0. The van der Waals surface area contributed by atoms with Crippen LogP contribution in [0.5, 0.6) is 5.75 Å². The number of pyridine rings is 1. The van der Waals surface area contributed by atoms with E-state index in [9.17, 15) is 14.7 Å². The van der Waals surface area contributed by atoms with Crippen molar-refractivity contribution in [2.45, 2.75) is 0 Å². The van der Waals surface area contributed by atoms with Crippen LogP contribution < -0.4 is 11.2 Å². The molecule has 1 amide bonds. The van der Waals surface area contributed by atoms with Crippen LogP contribution >= 0.6 is 0 Å². The number of amides is 1. The van der Waals surface area contributed by atoms with Crippen molar-refractivity contribution < 1.29 is 9.90 Å². The van der Waals surface area contributed by atoms with E-state index in [2.05, 4.69) is 4.98 Å². The molecule has 3 rings (SSSR count). The monoisotopic (exact) mass is 280 g/mol. The molecular weight excluding hydrogens is 268 g/mol. The quantitative estimate of drug-likeness (QED) is 0.669. The lowest BCUT2D eigenvalue weighted by Gasteiger charge is -2.09. The van der Waals surface area contributed by atoms with Crippen LogP contribution in [-0.2, 0) is 0 Å². The zero-order valence-electron chi connectivity index (χ0n) is 11.0. The molecule has 5 nitrogen and oxygen atoms in total. The standard InChI is InChI=1S/C16H12N2O3/c17-16(21)11-8-4-7-10-13(11)18-12(15(20)14(10)19)9-5-2-1-3-6-9/h1-8,20H,(H2,17,21)(H,18,19). The summed E-state index contributed by atoms with van der Waals surface area (Å²) in [4.78, 5) is 26.7. The predicted molar refractivity (Wildman–Crippen MR) is 80.2 cm³/mol. The number of fused-ring (bicyclic) bond motifs is 1. The number of carbonyl (C=O) groups excluding carboxylic acids is 1. The van der Waals surface area contributed by atoms with Crippen molar-refractivity contribution in [1.29, 1.82) is 0 Å². The van der Waals surface area contributed by atoms with Gasteiger partial charge in [0.25, 0.3) is 5.91 Å². The second-order valence-electron chi connectivity index (χ2n) is 4.64. The normalized spacial score (nSPS) is 10.7. The predicted octanol–water partition coefficient (Wildman–Crippen LogP) is 2.00. The van der Waals surface area contributed by atoms with Gasteiger partial charge in [-0.05, 0) is 12.1 Å². The van der Waals surface area contributed by atoms with E-state index in [1.165, 1.54) is 12.1 Å². The van der Waals surface area contributed by atoms with Crippen molar-refractivity contribution in [3.05, 3.63) is 64.3 Å². The van der Waals surface area contributed by atoms with E-state index in [0.29, 0.717) is 11.1 Å². The van der Waals surface area contributed by atoms with E-state index in [0.717, 1.165) is 0 Å². The van der Waals surface area contributed by atoms with Crippen LogP contribution in [0.1, 0.15) is 10.4 Å². The van der Waals surface area contributed by atoms with Crippen molar-refractivity contribution >= 4 is 16.8 Å². The summed E-state index contributed by atoms with van der Waals surface area (Å²) in [7, 11) is 0. The fourth-order valence-corrected chi connectivity index (χ4v) is 2.32. The molecule has 3 aromatic rings. The molecule has 0 unspecified atom stereocenters. The number of nitrogens with two attached hydrogens (primary N) is 1. The molecule has 0 bridgehead atoms. The fraction of sp³-hybridized carbons (Fsp3) is 0. The highest BCUT2D eigenvalue weighted by molar-refractivity contribution is 6.05. The van der Waals surface area contributed by atoms with Crippen molar-refractivity contribution in [2.75, 3.05) is 0 Å². The SMILES string of the molecule is NC(=O)c1cccc2c(=O)c(O)c(-c3ccccc3)[nH]c12. The van der Waals surface area contributed by atoms with Crippen molar-refractivity contribution in [3.8, 4) is 17.0 Å². The van der Waals surface area contributed by atoms with Gasteiger partial charge in [0.05, 0.1) is 22.2 Å². The number of para-hydroxylation sites is 1. The van der Waals surface area contributed by atoms with Gasteiger partial charge in [-0.15, -0.1) is 0 Å². The molecule has 1 aromatic heterocycles. The van der Waals surface area contributed by atoms with Gasteiger partial charge in [-0.1, -0.05) is 36.4 Å². The van der Waals surface area contributed by atoms with Crippen molar-refractivity contribution in [3.63, 3.8) is 0 Å². The van der Waals surface area contributed by atoms with E-state index >= 15 is 0 Å². The Morgan fingerprint density at radius 2 is 1.76 bits per heavy atom. The van der Waals surface area contributed by atoms with Gasteiger partial charge in [-0.2, -0.15) is 0 Å². The molecule has 21 heavy (non-hydrogen) atoms. The molecule has 0 radical (unpaired) electrons. The van der Waals surface area contributed by atoms with Crippen LogP contribution in [0, 0.1) is 0 Å². The zero-order valence-corrected chi connectivity index (χ0v) is 11.0. The molecule has 104 valence electrons. The molecule has 0 atom stereocenters. The Labute approximate surface area is 119 Å². The third-order valence-electron chi connectivity index (χ3n) is 3.34. The van der Waals surface area contributed by atoms with Crippen LogP contribution in [0.4, 0.5) is 0 Å². The number of rotatable bonds is 2.